The molecule has 1 fully saturated rings. The van der Waals surface area contributed by atoms with Crippen LogP contribution in [0.5, 0.6) is 0 Å². The maximum Gasteiger partial charge on any atom is 0.251 e. The highest BCUT2D eigenvalue weighted by atomic mass is 32.2. The van der Waals surface area contributed by atoms with Crippen molar-refractivity contribution in [1.29, 1.82) is 0 Å². The summed E-state index contributed by atoms with van der Waals surface area (Å²) in [5, 5.41) is 2.93. The van der Waals surface area contributed by atoms with Crippen LogP contribution in [0.1, 0.15) is 15.9 Å². The molecule has 0 saturated carbocycles. The maximum atomic E-state index is 12.6. The average Bonchev–Trinajstić information content (AvgIpc) is 2.69. The summed E-state index contributed by atoms with van der Waals surface area (Å²) in [6.45, 7) is 5.44. The van der Waals surface area contributed by atoms with Crippen molar-refractivity contribution in [1.82, 2.24) is 14.5 Å². The number of amides is 1. The van der Waals surface area contributed by atoms with E-state index >= 15 is 0 Å². The summed E-state index contributed by atoms with van der Waals surface area (Å²) in [5.41, 5.74) is 1.71. The van der Waals surface area contributed by atoms with Gasteiger partial charge in [-0.1, -0.05) is 35.9 Å². The lowest BCUT2D eigenvalue weighted by molar-refractivity contribution is 0.0945. The Morgan fingerprint density at radius 3 is 2.37 bits per heavy atom. The van der Waals surface area contributed by atoms with E-state index in [0.717, 1.165) is 5.56 Å². The van der Waals surface area contributed by atoms with Gasteiger partial charge in [-0.25, -0.2) is 8.42 Å². The van der Waals surface area contributed by atoms with E-state index in [1.165, 1.54) is 4.31 Å². The SMILES string of the molecule is Cc1cccc(C(=O)NCCN2CCN(S(=O)(=O)c3ccccc3)CC2)c1. The van der Waals surface area contributed by atoms with Crippen LogP contribution in [-0.2, 0) is 10.0 Å². The Balaban J connectivity index is 1.45. The van der Waals surface area contributed by atoms with Crippen molar-refractivity contribution in [2.75, 3.05) is 39.3 Å². The van der Waals surface area contributed by atoms with E-state index < -0.39 is 10.0 Å². The van der Waals surface area contributed by atoms with Gasteiger partial charge < -0.3 is 5.32 Å². The minimum atomic E-state index is -3.42. The van der Waals surface area contributed by atoms with Gasteiger partial charge in [0.15, 0.2) is 0 Å². The second kappa shape index (κ2) is 8.65. The molecular weight excluding hydrogens is 362 g/mol. The Morgan fingerprint density at radius 2 is 1.70 bits per heavy atom. The first-order valence-corrected chi connectivity index (χ1v) is 10.5. The first-order chi connectivity index (χ1) is 13.0. The Labute approximate surface area is 160 Å². The Kier molecular flexibility index (Phi) is 6.26. The Morgan fingerprint density at radius 1 is 1.00 bits per heavy atom. The molecule has 1 saturated heterocycles. The van der Waals surface area contributed by atoms with Crippen molar-refractivity contribution >= 4 is 15.9 Å². The Bertz CT molecular complexity index is 876. The summed E-state index contributed by atoms with van der Waals surface area (Å²) in [5.74, 6) is -0.0796. The highest BCUT2D eigenvalue weighted by molar-refractivity contribution is 7.89. The van der Waals surface area contributed by atoms with Gasteiger partial charge in [0.2, 0.25) is 10.0 Å². The molecule has 2 aromatic carbocycles. The van der Waals surface area contributed by atoms with Gasteiger partial charge in [0.25, 0.3) is 5.91 Å². The van der Waals surface area contributed by atoms with Gasteiger partial charge in [0.1, 0.15) is 0 Å². The van der Waals surface area contributed by atoms with Gasteiger partial charge in [-0.15, -0.1) is 0 Å². The number of hydrogen-bond donors (Lipinski definition) is 1. The predicted molar refractivity (Wildman–Crippen MR) is 105 cm³/mol. The number of sulfonamides is 1. The van der Waals surface area contributed by atoms with E-state index in [9.17, 15) is 13.2 Å². The van der Waals surface area contributed by atoms with E-state index in [4.69, 9.17) is 0 Å². The topological polar surface area (TPSA) is 69.7 Å². The van der Waals surface area contributed by atoms with E-state index in [-0.39, 0.29) is 5.91 Å². The van der Waals surface area contributed by atoms with E-state index in [1.807, 2.05) is 31.2 Å². The number of piperazine rings is 1. The summed E-state index contributed by atoms with van der Waals surface area (Å²) < 4.78 is 26.8. The molecule has 0 aliphatic carbocycles. The maximum absolute atomic E-state index is 12.6. The third-order valence-corrected chi connectivity index (χ3v) is 6.62. The third kappa shape index (κ3) is 4.94. The summed E-state index contributed by atoms with van der Waals surface area (Å²) in [6, 6.07) is 16.0. The molecule has 6 nitrogen and oxygen atoms in total. The Hall–Kier alpha value is -2.22. The molecule has 0 aromatic heterocycles. The van der Waals surface area contributed by atoms with Crippen LogP contribution in [0.3, 0.4) is 0 Å². The molecule has 1 amide bonds. The van der Waals surface area contributed by atoms with Crippen LogP contribution >= 0.6 is 0 Å². The molecule has 0 bridgehead atoms. The fraction of sp³-hybridized carbons (Fsp3) is 0.350. The number of benzene rings is 2. The van der Waals surface area contributed by atoms with Gasteiger partial charge in [-0.2, -0.15) is 4.31 Å². The van der Waals surface area contributed by atoms with Crippen LogP contribution in [0.15, 0.2) is 59.5 Å². The minimum Gasteiger partial charge on any atom is -0.351 e. The largest absolute Gasteiger partial charge is 0.351 e. The highest BCUT2D eigenvalue weighted by Gasteiger charge is 2.28. The van der Waals surface area contributed by atoms with Gasteiger partial charge in [0, 0.05) is 44.8 Å². The molecule has 1 heterocycles. The van der Waals surface area contributed by atoms with Crippen molar-refractivity contribution in [3.63, 3.8) is 0 Å². The number of hydrogen-bond acceptors (Lipinski definition) is 4. The quantitative estimate of drug-likeness (QED) is 0.820. The molecule has 2 aromatic rings. The van der Waals surface area contributed by atoms with Gasteiger partial charge in [-0.3, -0.25) is 9.69 Å². The zero-order valence-electron chi connectivity index (χ0n) is 15.5. The third-order valence-electron chi connectivity index (χ3n) is 4.71. The summed E-state index contributed by atoms with van der Waals surface area (Å²) in [4.78, 5) is 14.7. The van der Waals surface area contributed by atoms with Crippen LogP contribution in [-0.4, -0.2) is 62.8 Å². The lowest BCUT2D eigenvalue weighted by atomic mass is 10.1. The van der Waals surface area contributed by atoms with Crippen LogP contribution in [0.4, 0.5) is 0 Å². The van der Waals surface area contributed by atoms with Crippen molar-refractivity contribution in [2.45, 2.75) is 11.8 Å². The van der Waals surface area contributed by atoms with E-state index in [2.05, 4.69) is 10.2 Å². The number of carbonyl (C=O) groups is 1. The first-order valence-electron chi connectivity index (χ1n) is 9.09. The van der Waals surface area contributed by atoms with Crippen LogP contribution in [0, 0.1) is 6.92 Å². The van der Waals surface area contributed by atoms with Crippen molar-refractivity contribution in [2.24, 2.45) is 0 Å². The molecule has 0 unspecified atom stereocenters. The predicted octanol–water partition coefficient (Wildman–Crippen LogP) is 1.73. The zero-order valence-corrected chi connectivity index (χ0v) is 16.3. The molecule has 0 atom stereocenters. The van der Waals surface area contributed by atoms with Crippen LogP contribution in [0.2, 0.25) is 0 Å². The molecule has 27 heavy (non-hydrogen) atoms. The smallest absolute Gasteiger partial charge is 0.251 e. The standard InChI is InChI=1S/C20H25N3O3S/c1-17-6-5-7-18(16-17)20(24)21-10-11-22-12-14-23(15-13-22)27(25,26)19-8-3-2-4-9-19/h2-9,16H,10-15H2,1H3,(H,21,24). The minimum absolute atomic E-state index is 0.0796. The van der Waals surface area contributed by atoms with Crippen LogP contribution < -0.4 is 5.32 Å². The monoisotopic (exact) mass is 387 g/mol. The van der Waals surface area contributed by atoms with E-state index in [1.54, 1.807) is 30.3 Å². The molecule has 1 N–H and O–H groups in total. The molecule has 144 valence electrons. The fourth-order valence-corrected chi connectivity index (χ4v) is 4.59. The highest BCUT2D eigenvalue weighted by Crippen LogP contribution is 2.17. The molecular formula is C20H25N3O3S. The van der Waals surface area contributed by atoms with Gasteiger partial charge in [-0.05, 0) is 31.2 Å². The molecule has 3 rings (SSSR count). The normalized spacial score (nSPS) is 16.2. The number of aryl methyl sites for hydroxylation is 1. The lowest BCUT2D eigenvalue weighted by Crippen LogP contribution is -2.50. The molecule has 0 spiro atoms. The van der Waals surface area contributed by atoms with Crippen molar-refractivity contribution < 1.29 is 13.2 Å². The number of nitrogens with one attached hydrogen (secondary N) is 1. The number of nitrogens with zero attached hydrogens (tertiary/aromatic N) is 2. The second-order valence-electron chi connectivity index (χ2n) is 6.68. The zero-order chi connectivity index (χ0) is 19.3. The van der Waals surface area contributed by atoms with Gasteiger partial charge in [0.05, 0.1) is 4.90 Å². The molecule has 0 radical (unpaired) electrons. The number of carbonyl (C=O) groups excluding carboxylic acids is 1. The lowest BCUT2D eigenvalue weighted by Gasteiger charge is -2.33. The van der Waals surface area contributed by atoms with E-state index in [0.29, 0.717) is 49.7 Å². The summed E-state index contributed by atoms with van der Waals surface area (Å²) >= 11 is 0. The van der Waals surface area contributed by atoms with Crippen molar-refractivity contribution in [3.8, 4) is 0 Å². The van der Waals surface area contributed by atoms with Crippen molar-refractivity contribution in [3.05, 3.63) is 65.7 Å². The molecule has 7 heteroatoms. The molecule has 1 aliphatic rings. The first kappa shape index (κ1) is 19.5. The summed E-state index contributed by atoms with van der Waals surface area (Å²) in [6.07, 6.45) is 0. The van der Waals surface area contributed by atoms with Crippen LogP contribution in [0.25, 0.3) is 0 Å². The number of rotatable bonds is 6. The molecule has 1 aliphatic heterocycles. The fourth-order valence-electron chi connectivity index (χ4n) is 3.15. The van der Waals surface area contributed by atoms with Gasteiger partial charge >= 0.3 is 0 Å². The summed E-state index contributed by atoms with van der Waals surface area (Å²) in [7, 11) is -3.42. The average molecular weight is 388 g/mol. The second-order valence-corrected chi connectivity index (χ2v) is 8.62.